The topological polar surface area (TPSA) is 22.1 Å². The first kappa shape index (κ1) is 10.8. The monoisotopic (exact) mass is 265 g/mol. The van der Waals surface area contributed by atoms with Gasteiger partial charge in [-0.05, 0) is 24.3 Å². The largest absolute Gasteiger partial charge is 0.497 e. The highest BCUT2D eigenvalue weighted by molar-refractivity contribution is 7.26. The molecule has 3 heteroatoms. The second-order valence-corrected chi connectivity index (χ2v) is 5.56. The number of pyridine rings is 1. The van der Waals surface area contributed by atoms with E-state index in [1.807, 2.05) is 18.3 Å². The van der Waals surface area contributed by atoms with Crippen LogP contribution in [0, 0.1) is 0 Å². The molecule has 2 heterocycles. The molecule has 0 N–H and O–H groups in total. The molecule has 0 spiro atoms. The average Bonchev–Trinajstić information content (AvgIpc) is 2.84. The number of nitrogens with zero attached hydrogens (tertiary/aromatic N) is 1. The van der Waals surface area contributed by atoms with E-state index >= 15 is 0 Å². The maximum absolute atomic E-state index is 5.30. The summed E-state index contributed by atoms with van der Waals surface area (Å²) in [7, 11) is 1.70. The fraction of sp³-hybridized carbons (Fsp3) is 0.0625. The zero-order valence-corrected chi connectivity index (χ0v) is 11.2. The Morgan fingerprint density at radius 1 is 1.00 bits per heavy atom. The summed E-state index contributed by atoms with van der Waals surface area (Å²) in [5.41, 5.74) is 1.05. The Morgan fingerprint density at radius 3 is 2.79 bits per heavy atom. The van der Waals surface area contributed by atoms with E-state index in [-0.39, 0.29) is 0 Å². The van der Waals surface area contributed by atoms with Gasteiger partial charge in [0, 0.05) is 27.1 Å². The molecule has 4 rings (SSSR count). The van der Waals surface area contributed by atoms with Gasteiger partial charge in [-0.3, -0.25) is 4.98 Å². The number of hydrogen-bond donors (Lipinski definition) is 0. The van der Waals surface area contributed by atoms with Crippen molar-refractivity contribution in [2.75, 3.05) is 7.11 Å². The molecular weight excluding hydrogens is 254 g/mol. The SMILES string of the molecule is COc1ccc2c(c1)sc1cnc3ccccc3c12. The van der Waals surface area contributed by atoms with Crippen LogP contribution in [0.5, 0.6) is 5.75 Å². The zero-order valence-electron chi connectivity index (χ0n) is 10.4. The van der Waals surface area contributed by atoms with Crippen molar-refractivity contribution in [1.29, 1.82) is 0 Å². The highest BCUT2D eigenvalue weighted by atomic mass is 32.1. The van der Waals surface area contributed by atoms with E-state index in [1.54, 1.807) is 18.4 Å². The van der Waals surface area contributed by atoms with Crippen LogP contribution in [-0.4, -0.2) is 12.1 Å². The van der Waals surface area contributed by atoms with Gasteiger partial charge in [-0.25, -0.2) is 0 Å². The summed E-state index contributed by atoms with van der Waals surface area (Å²) >= 11 is 1.76. The van der Waals surface area contributed by atoms with Crippen molar-refractivity contribution in [3.05, 3.63) is 48.7 Å². The van der Waals surface area contributed by atoms with Crippen LogP contribution in [0.25, 0.3) is 31.1 Å². The lowest BCUT2D eigenvalue weighted by Crippen LogP contribution is -1.80. The molecule has 92 valence electrons. The molecule has 0 aliphatic carbocycles. The van der Waals surface area contributed by atoms with E-state index in [1.165, 1.54) is 25.6 Å². The molecule has 0 saturated carbocycles. The van der Waals surface area contributed by atoms with E-state index in [0.29, 0.717) is 0 Å². The highest BCUT2D eigenvalue weighted by Crippen LogP contribution is 2.38. The molecule has 0 aliphatic rings. The van der Waals surface area contributed by atoms with Gasteiger partial charge < -0.3 is 4.74 Å². The van der Waals surface area contributed by atoms with Crippen LogP contribution in [0.15, 0.2) is 48.7 Å². The van der Waals surface area contributed by atoms with Gasteiger partial charge in [0.05, 0.1) is 17.3 Å². The number of ether oxygens (including phenoxy) is 1. The molecule has 2 aromatic carbocycles. The van der Waals surface area contributed by atoms with Crippen LogP contribution in [0.1, 0.15) is 0 Å². The first-order chi connectivity index (χ1) is 9.36. The van der Waals surface area contributed by atoms with Crippen molar-refractivity contribution in [2.45, 2.75) is 0 Å². The van der Waals surface area contributed by atoms with Crippen LogP contribution < -0.4 is 4.74 Å². The summed E-state index contributed by atoms with van der Waals surface area (Å²) in [5, 5.41) is 3.80. The third kappa shape index (κ3) is 1.52. The Hall–Kier alpha value is -2.13. The molecule has 0 amide bonds. The smallest absolute Gasteiger partial charge is 0.120 e. The lowest BCUT2D eigenvalue weighted by atomic mass is 10.1. The minimum atomic E-state index is 0.899. The Morgan fingerprint density at radius 2 is 1.89 bits per heavy atom. The molecule has 2 nitrogen and oxygen atoms in total. The molecule has 19 heavy (non-hydrogen) atoms. The Labute approximate surface area is 114 Å². The molecule has 2 aromatic heterocycles. The Kier molecular flexibility index (Phi) is 2.23. The summed E-state index contributed by atoms with van der Waals surface area (Å²) in [5.74, 6) is 0.899. The second-order valence-electron chi connectivity index (χ2n) is 4.48. The highest BCUT2D eigenvalue weighted by Gasteiger charge is 2.09. The predicted molar refractivity (Wildman–Crippen MR) is 81.2 cm³/mol. The van der Waals surface area contributed by atoms with Crippen molar-refractivity contribution in [3.8, 4) is 5.75 Å². The molecule has 0 radical (unpaired) electrons. The Bertz CT molecular complexity index is 910. The fourth-order valence-electron chi connectivity index (χ4n) is 2.52. The van der Waals surface area contributed by atoms with Crippen LogP contribution in [0.2, 0.25) is 0 Å². The number of para-hydroxylation sites is 1. The number of thiophene rings is 1. The first-order valence-corrected chi connectivity index (χ1v) is 6.92. The lowest BCUT2D eigenvalue weighted by molar-refractivity contribution is 0.415. The minimum Gasteiger partial charge on any atom is -0.497 e. The third-order valence-corrected chi connectivity index (χ3v) is 4.51. The van der Waals surface area contributed by atoms with Gasteiger partial charge in [0.25, 0.3) is 0 Å². The van der Waals surface area contributed by atoms with Gasteiger partial charge >= 0.3 is 0 Å². The van der Waals surface area contributed by atoms with Gasteiger partial charge in [0.15, 0.2) is 0 Å². The maximum atomic E-state index is 5.30. The lowest BCUT2D eigenvalue weighted by Gasteiger charge is -2.00. The molecule has 4 aromatic rings. The molecule has 0 bridgehead atoms. The standard InChI is InChI=1S/C16H11NOS/c1-18-10-6-7-12-14(8-10)19-15-9-17-13-5-3-2-4-11(13)16(12)15/h2-9H,1H3. The molecular formula is C16H11NOS. The van der Waals surface area contributed by atoms with E-state index in [4.69, 9.17) is 4.74 Å². The minimum absolute atomic E-state index is 0.899. The van der Waals surface area contributed by atoms with E-state index in [2.05, 4.69) is 35.3 Å². The van der Waals surface area contributed by atoms with Crippen LogP contribution in [0.4, 0.5) is 0 Å². The van der Waals surface area contributed by atoms with Crippen LogP contribution in [0.3, 0.4) is 0 Å². The first-order valence-electron chi connectivity index (χ1n) is 6.11. The molecule has 0 aliphatic heterocycles. The number of fused-ring (bicyclic) bond motifs is 5. The van der Waals surface area contributed by atoms with Gasteiger partial charge in [-0.15, -0.1) is 11.3 Å². The van der Waals surface area contributed by atoms with Crippen LogP contribution in [-0.2, 0) is 0 Å². The van der Waals surface area contributed by atoms with Crippen molar-refractivity contribution in [1.82, 2.24) is 4.98 Å². The number of aromatic nitrogens is 1. The van der Waals surface area contributed by atoms with Gasteiger partial charge in [-0.1, -0.05) is 18.2 Å². The summed E-state index contributed by atoms with van der Waals surface area (Å²) in [6, 6.07) is 14.5. The van der Waals surface area contributed by atoms with Gasteiger partial charge in [0.2, 0.25) is 0 Å². The second kappa shape index (κ2) is 3.93. The van der Waals surface area contributed by atoms with Crippen LogP contribution >= 0.6 is 11.3 Å². The number of rotatable bonds is 1. The van der Waals surface area contributed by atoms with Gasteiger partial charge in [-0.2, -0.15) is 0 Å². The summed E-state index contributed by atoms with van der Waals surface area (Å²) < 4.78 is 7.76. The maximum Gasteiger partial charge on any atom is 0.120 e. The normalized spacial score (nSPS) is 11.4. The zero-order chi connectivity index (χ0) is 12.8. The third-order valence-electron chi connectivity index (χ3n) is 3.42. The fourth-order valence-corrected chi connectivity index (χ4v) is 3.64. The average molecular weight is 265 g/mol. The van der Waals surface area contributed by atoms with Gasteiger partial charge in [0.1, 0.15) is 5.75 Å². The van der Waals surface area contributed by atoms with Crippen molar-refractivity contribution in [3.63, 3.8) is 0 Å². The molecule has 0 unspecified atom stereocenters. The van der Waals surface area contributed by atoms with Crippen molar-refractivity contribution < 1.29 is 4.74 Å². The molecule has 0 saturated heterocycles. The summed E-state index contributed by atoms with van der Waals surface area (Å²) in [4.78, 5) is 4.53. The molecule has 0 atom stereocenters. The summed E-state index contributed by atoms with van der Waals surface area (Å²) in [6.07, 6.45) is 1.97. The number of hydrogen-bond acceptors (Lipinski definition) is 3. The molecule has 0 fully saturated rings. The van der Waals surface area contributed by atoms with E-state index in [0.717, 1.165) is 11.3 Å². The number of benzene rings is 2. The Balaban J connectivity index is 2.23. The van der Waals surface area contributed by atoms with Crippen molar-refractivity contribution in [2.24, 2.45) is 0 Å². The quantitative estimate of drug-likeness (QED) is 0.501. The number of methoxy groups -OCH3 is 1. The summed E-state index contributed by atoms with van der Waals surface area (Å²) in [6.45, 7) is 0. The van der Waals surface area contributed by atoms with Crippen molar-refractivity contribution >= 4 is 42.4 Å². The van der Waals surface area contributed by atoms with E-state index < -0.39 is 0 Å². The van der Waals surface area contributed by atoms with E-state index in [9.17, 15) is 0 Å². The predicted octanol–water partition coefficient (Wildman–Crippen LogP) is 4.61.